The Hall–Kier alpha value is -1.91. The van der Waals surface area contributed by atoms with Crippen LogP contribution in [-0.2, 0) is 0 Å². The number of aromatic carboxylic acids is 1. The monoisotopic (exact) mass is 218 g/mol. The van der Waals surface area contributed by atoms with Gasteiger partial charge in [-0.1, -0.05) is 6.07 Å². The SMILES string of the molecule is O=C([O-])c1cccc([N+](=O)[O-])c1[N+](=O)[O-].[Li+]. The second-order valence-electron chi connectivity index (χ2n) is 2.47. The van der Waals surface area contributed by atoms with Gasteiger partial charge >= 0.3 is 30.2 Å². The zero-order valence-electron chi connectivity index (χ0n) is 8.08. The van der Waals surface area contributed by atoms with Crippen molar-refractivity contribution in [3.05, 3.63) is 44.0 Å². The van der Waals surface area contributed by atoms with E-state index in [0.29, 0.717) is 0 Å². The van der Waals surface area contributed by atoms with Crippen LogP contribution in [-0.4, -0.2) is 15.8 Å². The van der Waals surface area contributed by atoms with E-state index in [9.17, 15) is 30.1 Å². The van der Waals surface area contributed by atoms with Gasteiger partial charge in [-0.15, -0.1) is 0 Å². The van der Waals surface area contributed by atoms with Crippen molar-refractivity contribution >= 4 is 17.3 Å². The van der Waals surface area contributed by atoms with Crippen molar-refractivity contribution in [1.82, 2.24) is 0 Å². The molecule has 0 aromatic heterocycles. The Balaban J connectivity index is 0.00000225. The zero-order valence-corrected chi connectivity index (χ0v) is 8.08. The van der Waals surface area contributed by atoms with Crippen LogP contribution in [0.5, 0.6) is 0 Å². The Kier molecular flexibility index (Phi) is 4.62. The van der Waals surface area contributed by atoms with Crippen LogP contribution in [0.1, 0.15) is 10.4 Å². The summed E-state index contributed by atoms with van der Waals surface area (Å²) >= 11 is 0. The number of carboxylic acid groups (broad SMARTS) is 1. The van der Waals surface area contributed by atoms with Crippen molar-refractivity contribution in [2.45, 2.75) is 0 Å². The predicted molar refractivity (Wildman–Crippen MR) is 44.1 cm³/mol. The summed E-state index contributed by atoms with van der Waals surface area (Å²) in [5, 5.41) is 31.3. The molecule has 0 bridgehead atoms. The molecule has 9 heteroatoms. The number of rotatable bonds is 3. The molecule has 0 aliphatic heterocycles. The molecule has 0 N–H and O–H groups in total. The first-order valence-corrected chi connectivity index (χ1v) is 3.58. The molecular formula is C7H3LiN2O6. The second-order valence-corrected chi connectivity index (χ2v) is 2.47. The number of carboxylic acids is 1. The Morgan fingerprint density at radius 2 is 1.69 bits per heavy atom. The molecule has 0 saturated heterocycles. The standard InChI is InChI=1S/C7H4N2O6.Li/c10-7(11)4-2-1-3-5(8(12)13)6(4)9(14)15;/h1-3H,(H,10,11);/q;+1/p-1. The number of nitrogens with zero attached hydrogens (tertiary/aromatic N) is 2. The predicted octanol–water partition coefficient (Wildman–Crippen LogP) is -3.13. The molecule has 78 valence electrons. The van der Waals surface area contributed by atoms with Crippen molar-refractivity contribution in [2.24, 2.45) is 0 Å². The molecule has 1 aromatic carbocycles. The van der Waals surface area contributed by atoms with Gasteiger partial charge in [-0.05, 0) is 6.07 Å². The second kappa shape index (κ2) is 5.25. The molecule has 0 unspecified atom stereocenters. The van der Waals surface area contributed by atoms with Crippen molar-refractivity contribution in [3.8, 4) is 0 Å². The van der Waals surface area contributed by atoms with Crippen molar-refractivity contribution < 1.29 is 38.6 Å². The van der Waals surface area contributed by atoms with Gasteiger partial charge in [0.15, 0.2) is 0 Å². The number of hydrogen-bond donors (Lipinski definition) is 0. The fraction of sp³-hybridized carbons (Fsp3) is 0. The molecule has 0 saturated carbocycles. The maximum atomic E-state index is 10.5. The van der Waals surface area contributed by atoms with E-state index in [1.807, 2.05) is 0 Å². The molecule has 0 aliphatic carbocycles. The number of carbonyl (C=O) groups excluding carboxylic acids is 1. The van der Waals surface area contributed by atoms with E-state index in [4.69, 9.17) is 0 Å². The quantitative estimate of drug-likeness (QED) is 0.300. The zero-order chi connectivity index (χ0) is 11.6. The molecule has 1 aromatic rings. The fourth-order valence-electron chi connectivity index (χ4n) is 1.04. The minimum Gasteiger partial charge on any atom is -0.545 e. The number of nitro groups is 2. The maximum Gasteiger partial charge on any atom is 1.00 e. The number of hydrogen-bond acceptors (Lipinski definition) is 6. The first-order valence-electron chi connectivity index (χ1n) is 3.58. The van der Waals surface area contributed by atoms with Gasteiger partial charge in [0, 0.05) is 6.07 Å². The van der Waals surface area contributed by atoms with E-state index >= 15 is 0 Å². The molecule has 0 radical (unpaired) electrons. The van der Waals surface area contributed by atoms with Crippen LogP contribution in [0.2, 0.25) is 0 Å². The average Bonchev–Trinajstić information content (AvgIpc) is 2.16. The molecule has 16 heavy (non-hydrogen) atoms. The third kappa shape index (κ3) is 2.56. The van der Waals surface area contributed by atoms with Crippen molar-refractivity contribution in [2.75, 3.05) is 0 Å². The van der Waals surface area contributed by atoms with Crippen molar-refractivity contribution in [1.29, 1.82) is 0 Å². The largest absolute Gasteiger partial charge is 1.00 e. The van der Waals surface area contributed by atoms with E-state index in [1.54, 1.807) is 0 Å². The summed E-state index contributed by atoms with van der Waals surface area (Å²) in [6.45, 7) is 0. The van der Waals surface area contributed by atoms with Crippen LogP contribution in [0.15, 0.2) is 18.2 Å². The van der Waals surface area contributed by atoms with Crippen LogP contribution < -0.4 is 24.0 Å². The fourth-order valence-corrected chi connectivity index (χ4v) is 1.04. The van der Waals surface area contributed by atoms with Crippen LogP contribution in [0.4, 0.5) is 11.4 Å². The summed E-state index contributed by atoms with van der Waals surface area (Å²) < 4.78 is 0. The van der Waals surface area contributed by atoms with Gasteiger partial charge < -0.3 is 9.90 Å². The van der Waals surface area contributed by atoms with Gasteiger partial charge in [-0.3, -0.25) is 20.2 Å². The Bertz CT molecular complexity index is 428. The molecule has 1 rings (SSSR count). The van der Waals surface area contributed by atoms with Gasteiger partial charge in [-0.2, -0.15) is 0 Å². The molecule has 0 spiro atoms. The minimum absolute atomic E-state index is 0. The van der Waals surface area contributed by atoms with Crippen LogP contribution in [0.25, 0.3) is 0 Å². The summed E-state index contributed by atoms with van der Waals surface area (Å²) in [5.74, 6) is -1.83. The van der Waals surface area contributed by atoms with E-state index in [1.165, 1.54) is 0 Å². The first-order chi connectivity index (χ1) is 6.95. The van der Waals surface area contributed by atoms with Crippen LogP contribution in [0.3, 0.4) is 0 Å². The minimum atomic E-state index is -1.83. The van der Waals surface area contributed by atoms with Crippen molar-refractivity contribution in [3.63, 3.8) is 0 Å². The summed E-state index contributed by atoms with van der Waals surface area (Å²) in [5.41, 5.74) is -2.75. The van der Waals surface area contributed by atoms with E-state index < -0.39 is 32.8 Å². The van der Waals surface area contributed by atoms with Gasteiger partial charge in [-0.25, -0.2) is 0 Å². The molecule has 0 aliphatic rings. The number of nitro benzene ring substituents is 2. The van der Waals surface area contributed by atoms with Gasteiger partial charge in [0.05, 0.1) is 21.4 Å². The Morgan fingerprint density at radius 3 is 2.06 bits per heavy atom. The van der Waals surface area contributed by atoms with Gasteiger partial charge in [0.2, 0.25) is 0 Å². The summed E-state index contributed by atoms with van der Waals surface area (Å²) in [4.78, 5) is 29.2. The van der Waals surface area contributed by atoms with Crippen LogP contribution >= 0.6 is 0 Å². The molecular weight excluding hydrogens is 215 g/mol. The topological polar surface area (TPSA) is 126 Å². The Morgan fingerprint density at radius 1 is 1.12 bits per heavy atom. The smallest absolute Gasteiger partial charge is 0.545 e. The Labute approximate surface area is 100 Å². The summed E-state index contributed by atoms with van der Waals surface area (Å²) in [6, 6.07) is 2.77. The normalized spacial score (nSPS) is 9.00. The summed E-state index contributed by atoms with van der Waals surface area (Å²) in [7, 11) is 0. The summed E-state index contributed by atoms with van der Waals surface area (Å²) in [6.07, 6.45) is 0. The van der Waals surface area contributed by atoms with E-state index in [-0.39, 0.29) is 18.9 Å². The number of benzene rings is 1. The molecule has 0 amide bonds. The first kappa shape index (κ1) is 14.1. The average molecular weight is 218 g/mol. The molecule has 0 atom stereocenters. The molecule has 8 nitrogen and oxygen atoms in total. The third-order valence-corrected chi connectivity index (χ3v) is 1.61. The van der Waals surface area contributed by atoms with E-state index in [2.05, 4.69) is 0 Å². The van der Waals surface area contributed by atoms with Crippen LogP contribution in [0, 0.1) is 20.2 Å². The van der Waals surface area contributed by atoms with Gasteiger partial charge in [0.1, 0.15) is 0 Å². The number of para-hydroxylation sites is 1. The molecule has 0 fully saturated rings. The van der Waals surface area contributed by atoms with Gasteiger partial charge in [0.25, 0.3) is 0 Å². The number of carbonyl (C=O) groups is 1. The molecule has 0 heterocycles. The maximum absolute atomic E-state index is 10.5. The third-order valence-electron chi connectivity index (χ3n) is 1.61. The van der Waals surface area contributed by atoms with E-state index in [0.717, 1.165) is 18.2 Å².